The molecule has 2 aromatic rings. The van der Waals surface area contributed by atoms with E-state index in [1.165, 1.54) is 12.1 Å². The SMILES string of the molecule is C/C(=C/C(=O)NC(CCCO)c1ccccc1)c1ccccc1F. The lowest BCUT2D eigenvalue weighted by Gasteiger charge is -2.18. The molecule has 2 aromatic carbocycles. The second kappa shape index (κ2) is 8.99. The molecule has 0 radical (unpaired) electrons. The van der Waals surface area contributed by atoms with Gasteiger partial charge in [-0.05, 0) is 37.0 Å². The van der Waals surface area contributed by atoms with Gasteiger partial charge in [0, 0.05) is 18.2 Å². The van der Waals surface area contributed by atoms with Crippen molar-refractivity contribution in [3.8, 4) is 0 Å². The van der Waals surface area contributed by atoms with Gasteiger partial charge < -0.3 is 10.4 Å². The maximum Gasteiger partial charge on any atom is 0.244 e. The molecule has 4 heteroatoms. The Labute approximate surface area is 141 Å². The van der Waals surface area contributed by atoms with Crippen LogP contribution in [0, 0.1) is 5.82 Å². The quantitative estimate of drug-likeness (QED) is 0.759. The second-order valence-corrected chi connectivity index (χ2v) is 5.64. The molecule has 0 saturated heterocycles. The largest absolute Gasteiger partial charge is 0.396 e. The van der Waals surface area contributed by atoms with Gasteiger partial charge in [0.2, 0.25) is 5.91 Å². The molecule has 24 heavy (non-hydrogen) atoms. The van der Waals surface area contributed by atoms with Gasteiger partial charge in [0.15, 0.2) is 0 Å². The van der Waals surface area contributed by atoms with Crippen molar-refractivity contribution in [1.29, 1.82) is 0 Å². The zero-order valence-electron chi connectivity index (χ0n) is 13.7. The third-order valence-corrected chi connectivity index (χ3v) is 3.82. The number of aliphatic hydroxyl groups excluding tert-OH is 1. The van der Waals surface area contributed by atoms with Crippen LogP contribution in [0.25, 0.3) is 5.57 Å². The molecule has 2 N–H and O–H groups in total. The fraction of sp³-hybridized carbons (Fsp3) is 0.250. The van der Waals surface area contributed by atoms with Gasteiger partial charge in [-0.15, -0.1) is 0 Å². The summed E-state index contributed by atoms with van der Waals surface area (Å²) >= 11 is 0. The molecule has 0 saturated carbocycles. The summed E-state index contributed by atoms with van der Waals surface area (Å²) in [4.78, 5) is 12.3. The monoisotopic (exact) mass is 327 g/mol. The summed E-state index contributed by atoms with van der Waals surface area (Å²) in [7, 11) is 0. The smallest absolute Gasteiger partial charge is 0.244 e. The van der Waals surface area contributed by atoms with Gasteiger partial charge in [-0.3, -0.25) is 4.79 Å². The highest BCUT2D eigenvalue weighted by molar-refractivity contribution is 5.95. The van der Waals surface area contributed by atoms with Crippen molar-refractivity contribution in [1.82, 2.24) is 5.32 Å². The minimum Gasteiger partial charge on any atom is -0.396 e. The van der Waals surface area contributed by atoms with Gasteiger partial charge in [-0.1, -0.05) is 48.5 Å². The maximum atomic E-state index is 13.8. The van der Waals surface area contributed by atoms with Crippen molar-refractivity contribution in [2.75, 3.05) is 6.61 Å². The number of carbonyl (C=O) groups excluding carboxylic acids is 1. The fourth-order valence-corrected chi connectivity index (χ4v) is 2.57. The molecule has 0 aromatic heterocycles. The van der Waals surface area contributed by atoms with Crippen LogP contribution in [0.5, 0.6) is 0 Å². The van der Waals surface area contributed by atoms with E-state index >= 15 is 0 Å². The van der Waals surface area contributed by atoms with E-state index in [2.05, 4.69) is 5.32 Å². The second-order valence-electron chi connectivity index (χ2n) is 5.64. The van der Waals surface area contributed by atoms with Gasteiger partial charge in [-0.25, -0.2) is 4.39 Å². The number of amides is 1. The van der Waals surface area contributed by atoms with E-state index in [4.69, 9.17) is 5.11 Å². The third kappa shape index (κ3) is 5.03. The highest BCUT2D eigenvalue weighted by atomic mass is 19.1. The number of hydrogen-bond acceptors (Lipinski definition) is 2. The summed E-state index contributed by atoms with van der Waals surface area (Å²) in [6.07, 6.45) is 2.64. The molecule has 1 unspecified atom stereocenters. The van der Waals surface area contributed by atoms with Gasteiger partial charge in [0.05, 0.1) is 6.04 Å². The number of nitrogens with one attached hydrogen (secondary N) is 1. The van der Waals surface area contributed by atoms with Crippen molar-refractivity contribution in [3.05, 3.63) is 77.6 Å². The van der Waals surface area contributed by atoms with Gasteiger partial charge in [-0.2, -0.15) is 0 Å². The molecule has 0 bridgehead atoms. The van der Waals surface area contributed by atoms with E-state index in [0.29, 0.717) is 24.0 Å². The molecule has 0 heterocycles. The van der Waals surface area contributed by atoms with Crippen molar-refractivity contribution >= 4 is 11.5 Å². The number of halogens is 1. The topological polar surface area (TPSA) is 49.3 Å². The summed E-state index contributed by atoms with van der Waals surface area (Å²) in [5.41, 5.74) is 1.97. The van der Waals surface area contributed by atoms with E-state index in [0.717, 1.165) is 5.56 Å². The Morgan fingerprint density at radius 3 is 2.50 bits per heavy atom. The minimum absolute atomic E-state index is 0.0727. The molecule has 0 aliphatic carbocycles. The van der Waals surface area contributed by atoms with E-state index in [9.17, 15) is 9.18 Å². The van der Waals surface area contributed by atoms with Crippen LogP contribution in [-0.4, -0.2) is 17.6 Å². The summed E-state index contributed by atoms with van der Waals surface area (Å²) in [6, 6.07) is 15.8. The first-order valence-corrected chi connectivity index (χ1v) is 8.01. The molecule has 3 nitrogen and oxygen atoms in total. The Morgan fingerprint density at radius 1 is 1.17 bits per heavy atom. The Hall–Kier alpha value is -2.46. The molecular formula is C20H22FNO2. The van der Waals surface area contributed by atoms with Crippen LogP contribution < -0.4 is 5.32 Å². The van der Waals surface area contributed by atoms with Gasteiger partial charge >= 0.3 is 0 Å². The summed E-state index contributed by atoms with van der Waals surface area (Å²) < 4.78 is 13.8. The lowest BCUT2D eigenvalue weighted by atomic mass is 10.0. The van der Waals surface area contributed by atoms with Crippen molar-refractivity contribution in [2.24, 2.45) is 0 Å². The molecule has 126 valence electrons. The van der Waals surface area contributed by atoms with E-state index in [1.54, 1.807) is 25.1 Å². The third-order valence-electron chi connectivity index (χ3n) is 3.82. The molecule has 0 aliphatic heterocycles. The minimum atomic E-state index is -0.348. The van der Waals surface area contributed by atoms with Gasteiger partial charge in [0.25, 0.3) is 0 Å². The van der Waals surface area contributed by atoms with Crippen LogP contribution >= 0.6 is 0 Å². The van der Waals surface area contributed by atoms with Gasteiger partial charge in [0.1, 0.15) is 5.82 Å². The zero-order valence-corrected chi connectivity index (χ0v) is 13.7. The lowest BCUT2D eigenvalue weighted by molar-refractivity contribution is -0.117. The standard InChI is InChI=1S/C20H22FNO2/c1-15(17-10-5-6-11-18(17)21)14-20(24)22-19(12-7-13-23)16-8-3-2-4-9-16/h2-6,8-11,14,19,23H,7,12-13H2,1H3,(H,22,24)/b15-14-. The first kappa shape index (κ1) is 17.9. The average Bonchev–Trinajstić information content (AvgIpc) is 2.59. The molecule has 0 fully saturated rings. The highest BCUT2D eigenvalue weighted by Crippen LogP contribution is 2.20. The molecule has 0 aliphatic rings. The normalized spacial score (nSPS) is 12.7. The Balaban J connectivity index is 2.12. The Kier molecular flexibility index (Phi) is 6.70. The molecule has 0 spiro atoms. The highest BCUT2D eigenvalue weighted by Gasteiger charge is 2.13. The number of hydrogen-bond donors (Lipinski definition) is 2. The summed E-state index contributed by atoms with van der Waals surface area (Å²) in [5, 5.41) is 12.0. The van der Waals surface area contributed by atoms with E-state index in [1.807, 2.05) is 30.3 Å². The average molecular weight is 327 g/mol. The Morgan fingerprint density at radius 2 is 1.83 bits per heavy atom. The van der Waals surface area contributed by atoms with Crippen LogP contribution in [0.1, 0.15) is 36.9 Å². The molecular weight excluding hydrogens is 305 g/mol. The number of carbonyl (C=O) groups is 1. The van der Waals surface area contributed by atoms with Crippen molar-refractivity contribution in [3.63, 3.8) is 0 Å². The van der Waals surface area contributed by atoms with Crippen LogP contribution in [0.4, 0.5) is 4.39 Å². The van der Waals surface area contributed by atoms with E-state index in [-0.39, 0.29) is 24.4 Å². The summed E-state index contributed by atoms with van der Waals surface area (Å²) in [6.45, 7) is 1.78. The van der Waals surface area contributed by atoms with Crippen LogP contribution in [0.15, 0.2) is 60.7 Å². The van der Waals surface area contributed by atoms with Crippen molar-refractivity contribution < 1.29 is 14.3 Å². The predicted octanol–water partition coefficient (Wildman–Crippen LogP) is 3.86. The fourth-order valence-electron chi connectivity index (χ4n) is 2.57. The lowest BCUT2D eigenvalue weighted by Crippen LogP contribution is -2.27. The van der Waals surface area contributed by atoms with Crippen LogP contribution in [-0.2, 0) is 4.79 Å². The molecule has 1 atom stereocenters. The number of benzene rings is 2. The first-order valence-electron chi connectivity index (χ1n) is 8.01. The number of aliphatic hydroxyl groups is 1. The summed E-state index contributed by atoms with van der Waals surface area (Å²) in [5.74, 6) is -0.624. The van der Waals surface area contributed by atoms with Crippen LogP contribution in [0.3, 0.4) is 0 Å². The molecule has 2 rings (SSSR count). The van der Waals surface area contributed by atoms with E-state index < -0.39 is 0 Å². The first-order chi connectivity index (χ1) is 11.6. The Bertz CT molecular complexity index is 698. The maximum absolute atomic E-state index is 13.8. The predicted molar refractivity (Wildman–Crippen MR) is 93.7 cm³/mol. The van der Waals surface area contributed by atoms with Crippen LogP contribution in [0.2, 0.25) is 0 Å². The zero-order chi connectivity index (χ0) is 17.4. The number of rotatable bonds is 7. The van der Waals surface area contributed by atoms with Crippen molar-refractivity contribution in [2.45, 2.75) is 25.8 Å². The molecule has 1 amide bonds. The number of allylic oxidation sites excluding steroid dienone is 1.